The first-order chi connectivity index (χ1) is 8.04. The van der Waals surface area contributed by atoms with E-state index < -0.39 is 0 Å². The Hall–Kier alpha value is -0.922. The first-order valence-electron chi connectivity index (χ1n) is 5.43. The zero-order valence-corrected chi connectivity index (χ0v) is 12.7. The molecule has 0 radical (unpaired) electrons. The molecule has 1 aromatic heterocycles. The number of nitrogens with zero attached hydrogens (tertiary/aromatic N) is 2. The van der Waals surface area contributed by atoms with Gasteiger partial charge in [0.25, 0.3) is 0 Å². The van der Waals surface area contributed by atoms with Crippen molar-refractivity contribution < 1.29 is 19.4 Å². The Bertz CT molecular complexity index is 486. The van der Waals surface area contributed by atoms with Crippen molar-refractivity contribution in [2.45, 2.75) is 13.5 Å². The van der Waals surface area contributed by atoms with Crippen molar-refractivity contribution in [2.75, 3.05) is 0 Å². The number of imidazole rings is 1. The van der Waals surface area contributed by atoms with Crippen LogP contribution in [0, 0.1) is 10.7 Å². The molecule has 0 amide bonds. The van der Waals surface area contributed by atoms with Gasteiger partial charge in [0.1, 0.15) is 0 Å². The fraction of sp³-hybridized carbons (Fsp3) is 0.308. The molecule has 3 nitrogen and oxygen atoms in total. The van der Waals surface area contributed by atoms with Gasteiger partial charge in [-0.2, -0.15) is 0 Å². The van der Waals surface area contributed by atoms with Gasteiger partial charge in [0.15, 0.2) is 0 Å². The van der Waals surface area contributed by atoms with Crippen LogP contribution in [-0.4, -0.2) is 9.13 Å². The van der Waals surface area contributed by atoms with Gasteiger partial charge in [-0.25, -0.2) is 0 Å². The van der Waals surface area contributed by atoms with Crippen LogP contribution < -0.4 is 5.73 Å². The Morgan fingerprint density at radius 3 is 1.82 bits per heavy atom. The second kappa shape index (κ2) is 6.73. The third-order valence-electron chi connectivity index (χ3n) is 2.41. The summed E-state index contributed by atoms with van der Waals surface area (Å²) in [6, 6.07) is 8.25. The topological polar surface area (TPSA) is 35.9 Å². The average Bonchev–Trinajstić information content (AvgIpc) is 2.62. The number of hydrogen-bond donors (Lipinski definition) is 1. The van der Waals surface area contributed by atoms with Crippen molar-refractivity contribution in [3.05, 3.63) is 51.6 Å². The van der Waals surface area contributed by atoms with Crippen LogP contribution >= 0.6 is 0 Å². The summed E-state index contributed by atoms with van der Waals surface area (Å²) in [7, 11) is 4.06. The van der Waals surface area contributed by atoms with Crippen LogP contribution in [-0.2, 0) is 40.0 Å². The molecule has 0 aliphatic carbocycles. The second-order valence-corrected chi connectivity index (χ2v) is 4.97. The molecule has 1 heterocycles. The predicted octanol–water partition coefficient (Wildman–Crippen LogP) is 1.90. The normalized spacial score (nSPS) is 9.76. The van der Waals surface area contributed by atoms with E-state index in [1.54, 1.807) is 0 Å². The van der Waals surface area contributed by atoms with Crippen molar-refractivity contribution in [1.82, 2.24) is 9.13 Å². The van der Waals surface area contributed by atoms with Gasteiger partial charge in [-0.1, -0.05) is 29.8 Å². The van der Waals surface area contributed by atoms with Crippen molar-refractivity contribution in [2.24, 2.45) is 19.8 Å². The Balaban J connectivity index is 0.000000171. The Morgan fingerprint density at radius 2 is 1.53 bits per heavy atom. The van der Waals surface area contributed by atoms with E-state index in [-0.39, 0.29) is 0 Å². The van der Waals surface area contributed by atoms with Crippen molar-refractivity contribution in [3.8, 4) is 0 Å². The van der Waals surface area contributed by atoms with Gasteiger partial charge in [0, 0.05) is 6.54 Å². The van der Waals surface area contributed by atoms with E-state index in [9.17, 15) is 0 Å². The van der Waals surface area contributed by atoms with E-state index in [1.807, 2.05) is 26.5 Å². The molecule has 17 heavy (non-hydrogen) atoms. The van der Waals surface area contributed by atoms with E-state index in [0.29, 0.717) is 6.54 Å². The molecule has 0 saturated heterocycles. The standard InChI is InChI=1S/C8H11N.C5H8N2.Pt/c1-7-2-4-8(6-9)5-3-7;1-6-3-4-7(2)5-6;/h2-5H,6,9H2,1H3;3-4H,1-2H3;. The van der Waals surface area contributed by atoms with Crippen LogP contribution in [0.15, 0.2) is 36.7 Å². The van der Waals surface area contributed by atoms with Gasteiger partial charge in [-0.05, 0) is 12.5 Å². The van der Waals surface area contributed by atoms with E-state index in [4.69, 9.17) is 5.73 Å². The van der Waals surface area contributed by atoms with Gasteiger partial charge in [-0.3, -0.25) is 0 Å². The number of hydrogen-bond acceptors (Lipinski definition) is 1. The summed E-state index contributed by atoms with van der Waals surface area (Å²) in [6.07, 6.45) is 4.06. The molecule has 2 aromatic rings. The molecule has 0 fully saturated rings. The van der Waals surface area contributed by atoms with Crippen molar-refractivity contribution >= 4 is 0 Å². The molecule has 1 aromatic carbocycles. The molecule has 96 valence electrons. The van der Waals surface area contributed by atoms with Crippen LogP contribution in [0.3, 0.4) is 0 Å². The van der Waals surface area contributed by atoms with Crippen molar-refractivity contribution in [1.29, 1.82) is 0 Å². The fourth-order valence-electron chi connectivity index (χ4n) is 1.29. The van der Waals surface area contributed by atoms with Gasteiger partial charge in [-0.15, -0.1) is 0 Å². The third-order valence-corrected chi connectivity index (χ3v) is 4.01. The fourth-order valence-corrected chi connectivity index (χ4v) is 1.63. The molecule has 0 aliphatic heterocycles. The van der Waals surface area contributed by atoms with Crippen LogP contribution in [0.4, 0.5) is 0 Å². The van der Waals surface area contributed by atoms with E-state index in [2.05, 4.69) is 59.7 Å². The number of aromatic nitrogens is 2. The maximum absolute atomic E-state index is 5.40. The second-order valence-electron chi connectivity index (χ2n) is 3.95. The van der Waals surface area contributed by atoms with Crippen LogP contribution in [0.1, 0.15) is 11.1 Å². The monoisotopic (exact) mass is 412 g/mol. The maximum atomic E-state index is 5.40. The van der Waals surface area contributed by atoms with E-state index >= 15 is 0 Å². The van der Waals surface area contributed by atoms with E-state index in [1.165, 1.54) is 14.9 Å². The number of aryl methyl sites for hydroxylation is 3. The van der Waals surface area contributed by atoms with Crippen molar-refractivity contribution in [3.63, 3.8) is 0 Å². The third kappa shape index (κ3) is 4.45. The first kappa shape index (κ1) is 14.1. The summed E-state index contributed by atoms with van der Waals surface area (Å²) < 4.78 is 5.38. The molecule has 2 rings (SSSR count). The zero-order chi connectivity index (χ0) is 12.8. The molecule has 0 bridgehead atoms. The molecule has 0 saturated carbocycles. The number of rotatable bonds is 1. The van der Waals surface area contributed by atoms with Crippen LogP contribution in [0.25, 0.3) is 0 Å². The first-order valence-corrected chi connectivity index (χ1v) is 6.57. The Morgan fingerprint density at radius 1 is 1.06 bits per heavy atom. The summed E-state index contributed by atoms with van der Waals surface area (Å²) in [5.74, 6) is 0. The number of nitrogens with two attached hydrogens (primary N) is 1. The number of benzene rings is 1. The van der Waals surface area contributed by atoms with Gasteiger partial charge >= 0.3 is 58.8 Å². The summed E-state index contributed by atoms with van der Waals surface area (Å²) >= 11 is 2.27. The molecular weight excluding hydrogens is 393 g/mol. The molecule has 4 heteroatoms. The summed E-state index contributed by atoms with van der Waals surface area (Å²) in [5.41, 5.74) is 7.88. The molecule has 0 unspecified atom stereocenters. The molecule has 2 N–H and O–H groups in total. The molecule has 0 aliphatic rings. The Kier molecular flexibility index (Phi) is 5.59. The van der Waals surface area contributed by atoms with Gasteiger partial charge < -0.3 is 5.73 Å². The van der Waals surface area contributed by atoms with Crippen LogP contribution in [0.2, 0.25) is 0 Å². The molecule has 0 spiro atoms. The Labute approximate surface area is 113 Å². The minimum atomic E-state index is 0.639. The molecular formula is C13H19N3Pt. The SMILES string of the molecule is Cc1ccc(CN)cc1.Cn1ccn(C)[c]1=[Pt]. The minimum absolute atomic E-state index is 0.639. The van der Waals surface area contributed by atoms with Gasteiger partial charge in [0.2, 0.25) is 0 Å². The zero-order valence-electron chi connectivity index (χ0n) is 10.5. The van der Waals surface area contributed by atoms with E-state index in [0.717, 1.165) is 0 Å². The average molecular weight is 412 g/mol. The van der Waals surface area contributed by atoms with Crippen LogP contribution in [0.5, 0.6) is 0 Å². The summed E-state index contributed by atoms with van der Waals surface area (Å²) in [4.78, 5) is 0. The summed E-state index contributed by atoms with van der Waals surface area (Å²) in [6.45, 7) is 2.71. The quantitative estimate of drug-likeness (QED) is 0.763. The van der Waals surface area contributed by atoms with Gasteiger partial charge in [0.05, 0.1) is 0 Å². The summed E-state index contributed by atoms with van der Waals surface area (Å²) in [5, 5.41) is 0. The predicted molar refractivity (Wildman–Crippen MR) is 66.7 cm³/mol. The molecule has 0 atom stereocenters.